The van der Waals surface area contributed by atoms with Crippen molar-refractivity contribution in [2.24, 2.45) is 0 Å². The number of Topliss-reactive ketones (excluding diaryl/α,β-unsaturated/α-hetero) is 1. The number of aromatic amines is 1. The van der Waals surface area contributed by atoms with Crippen molar-refractivity contribution in [3.8, 4) is 0 Å². The maximum Gasteiger partial charge on any atom is 0.258 e. The molecule has 2 heterocycles. The van der Waals surface area contributed by atoms with Gasteiger partial charge in [-0.15, -0.1) is 0 Å². The van der Waals surface area contributed by atoms with Gasteiger partial charge in [0.1, 0.15) is 5.82 Å². The Kier molecular flexibility index (Phi) is 2.91. The largest absolute Gasteiger partial charge is 0.369 e. The minimum atomic E-state index is -0.501. The SMILES string of the molecule is Nc1nc2c(c(=O)[nH]1)[C@H](c1ccccc1)C1=C(N2)c2ccccc2C1=O. The van der Waals surface area contributed by atoms with Crippen molar-refractivity contribution in [3.05, 3.63) is 92.8 Å². The zero-order valence-corrected chi connectivity index (χ0v) is 13.6. The van der Waals surface area contributed by atoms with E-state index in [0.717, 1.165) is 11.1 Å². The molecule has 0 fully saturated rings. The molecule has 1 aromatic heterocycles. The number of ketones is 1. The second-order valence-corrected chi connectivity index (χ2v) is 6.35. The van der Waals surface area contributed by atoms with E-state index in [1.807, 2.05) is 48.5 Å². The van der Waals surface area contributed by atoms with E-state index in [4.69, 9.17) is 5.73 Å². The number of fused-ring (bicyclic) bond motifs is 3. The van der Waals surface area contributed by atoms with Crippen molar-refractivity contribution in [2.45, 2.75) is 5.92 Å². The van der Waals surface area contributed by atoms with E-state index in [-0.39, 0.29) is 17.3 Å². The Bertz CT molecular complexity index is 1160. The number of H-pyrrole nitrogens is 1. The number of nitrogens with one attached hydrogen (secondary N) is 2. The lowest BCUT2D eigenvalue weighted by atomic mass is 9.82. The van der Waals surface area contributed by atoms with E-state index in [2.05, 4.69) is 15.3 Å². The zero-order chi connectivity index (χ0) is 17.8. The number of nitrogen functional groups attached to an aromatic ring is 1. The number of benzene rings is 2. The monoisotopic (exact) mass is 342 g/mol. The molecule has 1 aliphatic heterocycles. The number of hydrogen-bond donors (Lipinski definition) is 3. The van der Waals surface area contributed by atoms with Crippen LogP contribution in [0.2, 0.25) is 0 Å². The fourth-order valence-corrected chi connectivity index (χ4v) is 3.82. The molecule has 0 radical (unpaired) electrons. The highest BCUT2D eigenvalue weighted by Crippen LogP contribution is 2.47. The topological polar surface area (TPSA) is 101 Å². The van der Waals surface area contributed by atoms with Gasteiger partial charge in [-0.3, -0.25) is 14.6 Å². The van der Waals surface area contributed by atoms with Crippen LogP contribution in [-0.2, 0) is 0 Å². The Hall–Kier alpha value is -3.67. The minimum Gasteiger partial charge on any atom is -0.369 e. The van der Waals surface area contributed by atoms with Gasteiger partial charge >= 0.3 is 0 Å². The predicted molar refractivity (Wildman–Crippen MR) is 98.9 cm³/mol. The number of carbonyl (C=O) groups is 1. The van der Waals surface area contributed by atoms with E-state index in [1.54, 1.807) is 6.07 Å². The van der Waals surface area contributed by atoms with Gasteiger partial charge in [0.05, 0.1) is 11.3 Å². The third-order valence-corrected chi connectivity index (χ3v) is 4.88. The summed E-state index contributed by atoms with van der Waals surface area (Å²) in [5, 5.41) is 3.17. The molecule has 6 heteroatoms. The first-order valence-corrected chi connectivity index (χ1v) is 8.25. The van der Waals surface area contributed by atoms with Crippen LogP contribution in [-0.4, -0.2) is 15.8 Å². The first kappa shape index (κ1) is 14.7. The van der Waals surface area contributed by atoms with Crippen LogP contribution in [0.15, 0.2) is 65.0 Å². The lowest BCUT2D eigenvalue weighted by molar-refractivity contribution is 0.103. The average molecular weight is 342 g/mol. The quantitative estimate of drug-likeness (QED) is 0.631. The van der Waals surface area contributed by atoms with E-state index < -0.39 is 5.92 Å². The first-order valence-electron chi connectivity index (χ1n) is 8.25. The Morgan fingerprint density at radius 3 is 2.38 bits per heavy atom. The van der Waals surface area contributed by atoms with Gasteiger partial charge < -0.3 is 11.1 Å². The summed E-state index contributed by atoms with van der Waals surface area (Å²) in [6.45, 7) is 0. The van der Waals surface area contributed by atoms with Crippen molar-refractivity contribution in [1.29, 1.82) is 0 Å². The number of anilines is 2. The number of allylic oxidation sites excluding steroid dienone is 1. The standard InChI is InChI=1S/C20H14N4O2/c21-20-23-18-15(19(26)24-20)13(10-6-2-1-3-7-10)14-16(22-18)11-8-4-5-9-12(11)17(14)25/h1-9,13H,(H4,21,22,23,24,26)/t13-/m1/s1. The van der Waals surface area contributed by atoms with Crippen LogP contribution in [0.25, 0.3) is 5.70 Å². The fraction of sp³-hybridized carbons (Fsp3) is 0.0500. The molecule has 0 spiro atoms. The third-order valence-electron chi connectivity index (χ3n) is 4.88. The number of aromatic nitrogens is 2. The molecule has 0 saturated carbocycles. The number of hydrogen-bond acceptors (Lipinski definition) is 5. The third kappa shape index (κ3) is 1.89. The molecule has 4 N–H and O–H groups in total. The summed E-state index contributed by atoms with van der Waals surface area (Å²) in [7, 11) is 0. The van der Waals surface area contributed by atoms with Crippen LogP contribution >= 0.6 is 0 Å². The van der Waals surface area contributed by atoms with Crippen LogP contribution in [0.3, 0.4) is 0 Å². The fourth-order valence-electron chi connectivity index (χ4n) is 3.82. The second-order valence-electron chi connectivity index (χ2n) is 6.35. The predicted octanol–water partition coefficient (Wildman–Crippen LogP) is 2.52. The Morgan fingerprint density at radius 2 is 1.62 bits per heavy atom. The summed E-state index contributed by atoms with van der Waals surface area (Å²) < 4.78 is 0. The first-order chi connectivity index (χ1) is 12.6. The van der Waals surface area contributed by atoms with Crippen LogP contribution in [0.4, 0.5) is 11.8 Å². The minimum absolute atomic E-state index is 0.0368. The molecule has 0 saturated heterocycles. The maximum absolute atomic E-state index is 13.1. The van der Waals surface area contributed by atoms with E-state index in [0.29, 0.717) is 28.2 Å². The van der Waals surface area contributed by atoms with Crippen LogP contribution < -0.4 is 16.6 Å². The van der Waals surface area contributed by atoms with Gasteiger partial charge in [0.2, 0.25) is 5.95 Å². The zero-order valence-electron chi connectivity index (χ0n) is 13.6. The summed E-state index contributed by atoms with van der Waals surface area (Å²) >= 11 is 0. The molecule has 0 bridgehead atoms. The maximum atomic E-state index is 13.1. The smallest absolute Gasteiger partial charge is 0.258 e. The Morgan fingerprint density at radius 1 is 0.923 bits per heavy atom. The van der Waals surface area contributed by atoms with Crippen molar-refractivity contribution < 1.29 is 4.79 Å². The number of carbonyl (C=O) groups excluding carboxylic acids is 1. The highest BCUT2D eigenvalue weighted by atomic mass is 16.1. The van der Waals surface area contributed by atoms with Crippen molar-refractivity contribution in [2.75, 3.05) is 11.1 Å². The molecule has 2 aliphatic rings. The molecule has 6 nitrogen and oxygen atoms in total. The van der Waals surface area contributed by atoms with Crippen LogP contribution in [0, 0.1) is 0 Å². The summed E-state index contributed by atoms with van der Waals surface area (Å²) in [5.41, 5.74) is 9.38. The van der Waals surface area contributed by atoms with E-state index >= 15 is 0 Å². The second kappa shape index (κ2) is 5.16. The lowest BCUT2D eigenvalue weighted by Gasteiger charge is -2.27. The summed E-state index contributed by atoms with van der Waals surface area (Å²) in [6.07, 6.45) is 0. The van der Waals surface area contributed by atoms with Gasteiger partial charge in [0.25, 0.3) is 5.56 Å². The number of nitrogens with zero attached hydrogens (tertiary/aromatic N) is 1. The van der Waals surface area contributed by atoms with E-state index in [1.165, 1.54) is 0 Å². The molecule has 0 unspecified atom stereocenters. The number of rotatable bonds is 1. The van der Waals surface area contributed by atoms with Gasteiger partial charge in [-0.2, -0.15) is 4.98 Å². The summed E-state index contributed by atoms with van der Waals surface area (Å²) in [5.74, 6) is -0.142. The van der Waals surface area contributed by atoms with Crippen LogP contribution in [0.5, 0.6) is 0 Å². The summed E-state index contributed by atoms with van der Waals surface area (Å²) in [6, 6.07) is 16.9. The lowest BCUT2D eigenvalue weighted by Crippen LogP contribution is -2.28. The van der Waals surface area contributed by atoms with Crippen molar-refractivity contribution in [1.82, 2.24) is 9.97 Å². The highest BCUT2D eigenvalue weighted by Gasteiger charge is 2.41. The van der Waals surface area contributed by atoms with Gasteiger partial charge in [-0.25, -0.2) is 0 Å². The van der Waals surface area contributed by atoms with Gasteiger partial charge in [0, 0.05) is 22.6 Å². The van der Waals surface area contributed by atoms with Crippen molar-refractivity contribution in [3.63, 3.8) is 0 Å². The molecule has 126 valence electrons. The molecule has 26 heavy (non-hydrogen) atoms. The molecule has 0 amide bonds. The normalized spacial score (nSPS) is 17.4. The Labute approximate surface area is 148 Å². The van der Waals surface area contributed by atoms with Gasteiger partial charge in [-0.1, -0.05) is 54.6 Å². The van der Waals surface area contributed by atoms with E-state index in [9.17, 15) is 9.59 Å². The van der Waals surface area contributed by atoms with Crippen LogP contribution in [0.1, 0.15) is 33.0 Å². The highest BCUT2D eigenvalue weighted by molar-refractivity contribution is 6.23. The van der Waals surface area contributed by atoms with Gasteiger partial charge in [-0.05, 0) is 5.56 Å². The Balaban J connectivity index is 1.84. The molecular weight excluding hydrogens is 328 g/mol. The van der Waals surface area contributed by atoms with Gasteiger partial charge in [0.15, 0.2) is 5.78 Å². The average Bonchev–Trinajstić information content (AvgIpc) is 2.93. The molecule has 5 rings (SSSR count). The van der Waals surface area contributed by atoms with Crippen molar-refractivity contribution >= 4 is 23.2 Å². The summed E-state index contributed by atoms with van der Waals surface area (Å²) in [4.78, 5) is 32.7. The molecule has 3 aromatic rings. The molecule has 1 atom stereocenters. The number of nitrogens with two attached hydrogens (primary N) is 1. The molecule has 2 aromatic carbocycles. The molecule has 1 aliphatic carbocycles. The molecular formula is C20H14N4O2.